The van der Waals surface area contributed by atoms with Crippen LogP contribution in [0.5, 0.6) is 0 Å². The third kappa shape index (κ3) is 3.48. The van der Waals surface area contributed by atoms with Crippen LogP contribution in [-0.2, 0) is 19.1 Å². The van der Waals surface area contributed by atoms with Crippen molar-refractivity contribution in [3.05, 3.63) is 0 Å². The quantitative estimate of drug-likeness (QED) is 0.329. The smallest absolute Gasteiger partial charge is 0.318 e. The molecule has 0 aromatic rings. The largest absolute Gasteiger partial charge is 0.432 e. The average Bonchev–Trinajstić information content (AvgIpc) is 2.38. The van der Waals surface area contributed by atoms with Crippen LogP contribution < -0.4 is 0 Å². The van der Waals surface area contributed by atoms with Crippen LogP contribution >= 0.6 is 0 Å². The van der Waals surface area contributed by atoms with E-state index in [0.29, 0.717) is 0 Å². The van der Waals surface area contributed by atoms with Crippen molar-refractivity contribution in [3.8, 4) is 0 Å². The third-order valence-corrected chi connectivity index (χ3v) is 3.04. The second kappa shape index (κ2) is 6.40. The fourth-order valence-electron chi connectivity index (χ4n) is 1.55. The molecule has 1 heterocycles. The molecule has 0 saturated carbocycles. The molecule has 0 spiro atoms. The Morgan fingerprint density at radius 1 is 1.21 bits per heavy atom. The Balaban J connectivity index is 2.72. The molecule has 0 aliphatic carbocycles. The number of esters is 1. The number of carbonyl (C=O) groups is 2. The highest BCUT2D eigenvalue weighted by atomic mass is 16.7. The van der Waals surface area contributed by atoms with Gasteiger partial charge >= 0.3 is 5.97 Å². The molecule has 8 heteroatoms. The van der Waals surface area contributed by atoms with Crippen LogP contribution in [0.1, 0.15) is 13.8 Å². The van der Waals surface area contributed by atoms with Crippen molar-refractivity contribution in [2.24, 2.45) is 5.92 Å². The molecule has 6 atom stereocenters. The van der Waals surface area contributed by atoms with Crippen molar-refractivity contribution in [2.75, 3.05) is 6.61 Å². The maximum absolute atomic E-state index is 11.5. The lowest BCUT2D eigenvalue weighted by molar-refractivity contribution is -0.293. The van der Waals surface area contributed by atoms with Crippen molar-refractivity contribution in [2.45, 2.75) is 44.6 Å². The van der Waals surface area contributed by atoms with E-state index < -0.39 is 55.0 Å². The molecule has 1 aliphatic heterocycles. The third-order valence-electron chi connectivity index (χ3n) is 3.04. The van der Waals surface area contributed by atoms with E-state index >= 15 is 0 Å². The summed E-state index contributed by atoms with van der Waals surface area (Å²) in [7, 11) is 0. The second-order valence-corrected chi connectivity index (χ2v) is 4.47. The van der Waals surface area contributed by atoms with Crippen LogP contribution in [0.3, 0.4) is 0 Å². The minimum absolute atomic E-state index is 0.422. The number of ketones is 1. The number of aliphatic hydroxyl groups excluding tert-OH is 4. The van der Waals surface area contributed by atoms with Crippen molar-refractivity contribution >= 4 is 11.8 Å². The molecule has 0 bridgehead atoms. The van der Waals surface area contributed by atoms with E-state index in [-0.39, 0.29) is 0 Å². The first-order valence-corrected chi connectivity index (χ1v) is 5.81. The highest BCUT2D eigenvalue weighted by Crippen LogP contribution is 2.22. The molecule has 110 valence electrons. The first-order chi connectivity index (χ1) is 8.79. The number of Topliss-reactive ketones (excluding diaryl/α,β-unsaturated/α-hetero) is 1. The number of carbonyl (C=O) groups excluding carboxylic acids is 2. The van der Waals surface area contributed by atoms with Gasteiger partial charge in [-0.2, -0.15) is 0 Å². The Labute approximate surface area is 109 Å². The molecule has 0 aromatic heterocycles. The van der Waals surface area contributed by atoms with Gasteiger partial charge in [-0.05, 0) is 13.8 Å². The van der Waals surface area contributed by atoms with Gasteiger partial charge in [-0.3, -0.25) is 9.59 Å². The number of aliphatic hydroxyl groups is 4. The van der Waals surface area contributed by atoms with Crippen LogP contribution in [0.25, 0.3) is 0 Å². The van der Waals surface area contributed by atoms with Crippen LogP contribution in [-0.4, -0.2) is 69.5 Å². The van der Waals surface area contributed by atoms with Crippen molar-refractivity contribution in [3.63, 3.8) is 0 Å². The molecule has 0 radical (unpaired) electrons. The van der Waals surface area contributed by atoms with Gasteiger partial charge in [0.15, 0.2) is 0 Å². The zero-order valence-electron chi connectivity index (χ0n) is 10.6. The summed E-state index contributed by atoms with van der Waals surface area (Å²) >= 11 is 0. The first-order valence-electron chi connectivity index (χ1n) is 5.81. The van der Waals surface area contributed by atoms with Crippen molar-refractivity contribution in [1.29, 1.82) is 0 Å². The van der Waals surface area contributed by atoms with Gasteiger partial charge in [0.1, 0.15) is 36.1 Å². The molecule has 1 fully saturated rings. The Morgan fingerprint density at radius 2 is 1.79 bits per heavy atom. The molecular weight excluding hydrogens is 260 g/mol. The molecule has 1 unspecified atom stereocenters. The van der Waals surface area contributed by atoms with E-state index in [4.69, 9.17) is 14.6 Å². The summed E-state index contributed by atoms with van der Waals surface area (Å²) in [5.41, 5.74) is 0. The molecule has 0 amide bonds. The number of hydrogen-bond acceptors (Lipinski definition) is 8. The van der Waals surface area contributed by atoms with Crippen molar-refractivity contribution < 1.29 is 39.5 Å². The lowest BCUT2D eigenvalue weighted by atomic mass is 9.99. The van der Waals surface area contributed by atoms with E-state index in [0.717, 1.165) is 0 Å². The topological polar surface area (TPSA) is 134 Å². The lowest BCUT2D eigenvalue weighted by Crippen LogP contribution is -2.59. The van der Waals surface area contributed by atoms with Crippen LogP contribution in [0.2, 0.25) is 0 Å². The molecule has 0 aromatic carbocycles. The summed E-state index contributed by atoms with van der Waals surface area (Å²) in [5, 5.41) is 37.6. The molecule has 4 N–H and O–H groups in total. The predicted octanol–water partition coefficient (Wildman–Crippen LogP) is -2.45. The molecule has 1 saturated heterocycles. The normalized spacial score (nSPS) is 36.6. The predicted molar refractivity (Wildman–Crippen MR) is 59.7 cm³/mol. The second-order valence-electron chi connectivity index (χ2n) is 4.47. The van der Waals surface area contributed by atoms with E-state index in [1.807, 2.05) is 0 Å². The lowest BCUT2D eigenvalue weighted by Gasteiger charge is -2.39. The fourth-order valence-corrected chi connectivity index (χ4v) is 1.55. The molecular formula is C11H18O8. The number of hydrogen-bond donors (Lipinski definition) is 4. The minimum Gasteiger partial charge on any atom is -0.432 e. The molecule has 1 aliphatic rings. The van der Waals surface area contributed by atoms with E-state index in [1.165, 1.54) is 13.8 Å². The summed E-state index contributed by atoms with van der Waals surface area (Å²) < 4.78 is 9.73. The van der Waals surface area contributed by atoms with Gasteiger partial charge in [0, 0.05) is 0 Å². The average molecular weight is 278 g/mol. The van der Waals surface area contributed by atoms with Crippen molar-refractivity contribution in [1.82, 2.24) is 0 Å². The van der Waals surface area contributed by atoms with Gasteiger partial charge in [0.25, 0.3) is 0 Å². The molecule has 1 rings (SSSR count). The molecule has 8 nitrogen and oxygen atoms in total. The van der Waals surface area contributed by atoms with E-state index in [1.54, 1.807) is 0 Å². The fraction of sp³-hybridized carbons (Fsp3) is 0.818. The maximum Gasteiger partial charge on any atom is 0.318 e. The van der Waals surface area contributed by atoms with E-state index in [9.17, 15) is 24.9 Å². The highest BCUT2D eigenvalue weighted by Gasteiger charge is 2.45. The summed E-state index contributed by atoms with van der Waals surface area (Å²) in [4.78, 5) is 22.6. The summed E-state index contributed by atoms with van der Waals surface area (Å²) in [6.45, 7) is 1.91. The Hall–Kier alpha value is -1.06. The van der Waals surface area contributed by atoms with Gasteiger partial charge < -0.3 is 29.9 Å². The standard InChI is InChI=1S/C11H18O8/c1-4(5(2)13)10(17)19-11-9(16)8(15)7(14)6(3-12)18-11/h4,6-9,11-12,14-16H,3H2,1-2H3/t4?,6-,7-,8+,9-,11+/m1/s1. The minimum atomic E-state index is -1.67. The maximum atomic E-state index is 11.5. The first kappa shape index (κ1) is 16.0. The number of ether oxygens (including phenoxy) is 2. The van der Waals surface area contributed by atoms with Gasteiger partial charge in [-0.25, -0.2) is 0 Å². The Kier molecular flexibility index (Phi) is 5.39. The summed E-state index contributed by atoms with van der Waals surface area (Å²) in [5.74, 6) is -2.38. The van der Waals surface area contributed by atoms with Crippen LogP contribution in [0.15, 0.2) is 0 Å². The van der Waals surface area contributed by atoms with Crippen LogP contribution in [0.4, 0.5) is 0 Å². The van der Waals surface area contributed by atoms with E-state index in [2.05, 4.69) is 0 Å². The zero-order valence-corrected chi connectivity index (χ0v) is 10.6. The van der Waals surface area contributed by atoms with Gasteiger partial charge in [0.05, 0.1) is 6.61 Å². The van der Waals surface area contributed by atoms with Gasteiger partial charge in [0.2, 0.25) is 6.29 Å². The zero-order chi connectivity index (χ0) is 14.7. The highest BCUT2D eigenvalue weighted by molar-refractivity contribution is 5.97. The van der Waals surface area contributed by atoms with Crippen LogP contribution in [0, 0.1) is 5.92 Å². The van der Waals surface area contributed by atoms with Gasteiger partial charge in [-0.1, -0.05) is 0 Å². The Morgan fingerprint density at radius 3 is 2.26 bits per heavy atom. The number of rotatable bonds is 4. The monoisotopic (exact) mass is 278 g/mol. The molecule has 19 heavy (non-hydrogen) atoms. The SMILES string of the molecule is CC(=O)C(C)C(=O)O[C@@H]1O[C@H](CO)[C@@H](O)[C@H](O)[C@H]1O. The Bertz CT molecular complexity index is 342. The summed E-state index contributed by atoms with van der Waals surface area (Å²) in [6, 6.07) is 0. The summed E-state index contributed by atoms with van der Waals surface area (Å²) in [6.07, 6.45) is -7.54. The van der Waals surface area contributed by atoms with Gasteiger partial charge in [-0.15, -0.1) is 0 Å².